The first-order valence-electron chi connectivity index (χ1n) is 7.37. The molecular weight excluding hydrogens is 270 g/mol. The van der Waals surface area contributed by atoms with Crippen LogP contribution in [0.25, 0.3) is 0 Å². The minimum Gasteiger partial charge on any atom is -0.225 e. The summed E-state index contributed by atoms with van der Waals surface area (Å²) in [6.07, 6.45) is 7.91. The Morgan fingerprint density at radius 3 is 2.15 bits per heavy atom. The lowest BCUT2D eigenvalue weighted by molar-refractivity contribution is 0.244. The van der Waals surface area contributed by atoms with Crippen LogP contribution in [0.4, 0.5) is 0 Å². The molecule has 0 aliphatic carbocycles. The van der Waals surface area contributed by atoms with Crippen molar-refractivity contribution in [3.05, 3.63) is 23.1 Å². The molecule has 0 saturated heterocycles. The number of allylic oxidation sites excluding steroid dienone is 3. The van der Waals surface area contributed by atoms with Crippen LogP contribution in [0, 0.1) is 17.3 Å². The summed E-state index contributed by atoms with van der Waals surface area (Å²) >= 11 is 0. The molecule has 1 unspecified atom stereocenters. The minimum absolute atomic E-state index is 0.221. The predicted molar refractivity (Wildman–Crippen MR) is 87.6 cm³/mol. The molecule has 20 heavy (non-hydrogen) atoms. The fraction of sp³-hybridized carbons (Fsp3) is 0.750. The Bertz CT molecular complexity index is 440. The van der Waals surface area contributed by atoms with Crippen LogP contribution in [-0.2, 0) is 10.0 Å². The molecule has 0 aromatic rings. The number of sulfonamides is 1. The van der Waals surface area contributed by atoms with E-state index < -0.39 is 10.0 Å². The zero-order valence-corrected chi connectivity index (χ0v) is 14.6. The Balaban J connectivity index is 4.85. The molecule has 0 aromatic heterocycles. The first-order chi connectivity index (χ1) is 8.97. The Labute approximate surface area is 125 Å². The van der Waals surface area contributed by atoms with Crippen molar-refractivity contribution >= 4 is 10.0 Å². The maximum atomic E-state index is 11.4. The molecule has 0 radical (unpaired) electrons. The van der Waals surface area contributed by atoms with E-state index in [1.165, 1.54) is 0 Å². The van der Waals surface area contributed by atoms with E-state index in [2.05, 4.69) is 34.6 Å². The van der Waals surface area contributed by atoms with Gasteiger partial charge in [0, 0.05) is 0 Å². The van der Waals surface area contributed by atoms with E-state index in [1.54, 1.807) is 12.2 Å². The lowest BCUT2D eigenvalue weighted by Crippen LogP contribution is -2.17. The van der Waals surface area contributed by atoms with Crippen molar-refractivity contribution in [1.29, 1.82) is 0 Å². The molecule has 118 valence electrons. The van der Waals surface area contributed by atoms with Gasteiger partial charge in [0.25, 0.3) is 0 Å². The molecular formula is C16H31NO2S. The van der Waals surface area contributed by atoms with Crippen molar-refractivity contribution in [2.75, 3.05) is 0 Å². The minimum atomic E-state index is -3.61. The smallest absolute Gasteiger partial charge is 0.225 e. The van der Waals surface area contributed by atoms with E-state index in [9.17, 15) is 8.42 Å². The van der Waals surface area contributed by atoms with Crippen molar-refractivity contribution in [2.45, 2.75) is 60.8 Å². The first-order valence-corrected chi connectivity index (χ1v) is 8.91. The van der Waals surface area contributed by atoms with E-state index >= 15 is 0 Å². The highest BCUT2D eigenvalue weighted by Gasteiger charge is 2.20. The van der Waals surface area contributed by atoms with E-state index in [0.717, 1.165) is 12.8 Å². The number of primary sulfonamides is 1. The summed E-state index contributed by atoms with van der Waals surface area (Å²) in [7, 11) is -3.61. The highest BCUT2D eigenvalue weighted by Crippen LogP contribution is 2.31. The van der Waals surface area contributed by atoms with Gasteiger partial charge in [-0.2, -0.15) is 0 Å². The standard InChI is InChI=1S/C16H31NO2S/c1-7-9-15(20(17,18)19)11-8-10-14(13(2)3)12-16(4,5)6/h8-9,11,13-14H,7,10,12H2,1-6H3,(H2,17,18,19)/b11-8-,15-9+. The van der Waals surface area contributed by atoms with Gasteiger partial charge in [0.05, 0.1) is 4.91 Å². The second-order valence-corrected chi connectivity index (χ2v) is 8.53. The molecule has 4 heteroatoms. The maximum absolute atomic E-state index is 11.4. The summed E-state index contributed by atoms with van der Waals surface area (Å²) in [6, 6.07) is 0. The molecule has 0 bridgehead atoms. The molecule has 0 fully saturated rings. The van der Waals surface area contributed by atoms with Gasteiger partial charge in [0.1, 0.15) is 0 Å². The van der Waals surface area contributed by atoms with Crippen LogP contribution in [-0.4, -0.2) is 8.42 Å². The topological polar surface area (TPSA) is 60.2 Å². The van der Waals surface area contributed by atoms with Crippen LogP contribution in [0.15, 0.2) is 23.1 Å². The lowest BCUT2D eigenvalue weighted by atomic mass is 9.78. The number of rotatable bonds is 7. The molecule has 0 aromatic carbocycles. The van der Waals surface area contributed by atoms with E-state index in [1.807, 2.05) is 13.0 Å². The van der Waals surface area contributed by atoms with Gasteiger partial charge in [-0.1, -0.05) is 53.7 Å². The predicted octanol–water partition coefficient (Wildman–Crippen LogP) is 4.22. The van der Waals surface area contributed by atoms with E-state index in [4.69, 9.17) is 5.14 Å². The van der Waals surface area contributed by atoms with Gasteiger partial charge in [-0.05, 0) is 42.6 Å². The van der Waals surface area contributed by atoms with Crippen molar-refractivity contribution in [3.63, 3.8) is 0 Å². The molecule has 0 saturated carbocycles. The monoisotopic (exact) mass is 301 g/mol. The summed E-state index contributed by atoms with van der Waals surface area (Å²) in [4.78, 5) is 0.221. The summed E-state index contributed by atoms with van der Waals surface area (Å²) < 4.78 is 22.8. The quantitative estimate of drug-likeness (QED) is 0.715. The third-order valence-electron chi connectivity index (χ3n) is 3.27. The number of hydrogen-bond donors (Lipinski definition) is 1. The van der Waals surface area contributed by atoms with Crippen LogP contribution in [0.2, 0.25) is 0 Å². The molecule has 0 heterocycles. The van der Waals surface area contributed by atoms with Crippen molar-refractivity contribution in [2.24, 2.45) is 22.4 Å². The molecule has 0 amide bonds. The molecule has 0 aliphatic heterocycles. The largest absolute Gasteiger partial charge is 0.237 e. The third-order valence-corrected chi connectivity index (χ3v) is 4.23. The molecule has 0 aliphatic rings. The number of hydrogen-bond acceptors (Lipinski definition) is 2. The summed E-state index contributed by atoms with van der Waals surface area (Å²) in [5.41, 5.74) is 0.283. The van der Waals surface area contributed by atoms with Crippen LogP contribution >= 0.6 is 0 Å². The number of nitrogens with two attached hydrogens (primary N) is 1. The van der Waals surface area contributed by atoms with Crippen LogP contribution in [0.1, 0.15) is 60.8 Å². The lowest BCUT2D eigenvalue weighted by Gasteiger charge is -2.28. The van der Waals surface area contributed by atoms with E-state index in [0.29, 0.717) is 18.3 Å². The second kappa shape index (κ2) is 7.99. The van der Waals surface area contributed by atoms with Crippen LogP contribution in [0.3, 0.4) is 0 Å². The van der Waals surface area contributed by atoms with Gasteiger partial charge < -0.3 is 0 Å². The summed E-state index contributed by atoms with van der Waals surface area (Å²) in [5, 5.41) is 5.20. The van der Waals surface area contributed by atoms with Gasteiger partial charge in [-0.25, -0.2) is 13.6 Å². The molecule has 3 nitrogen and oxygen atoms in total. The Morgan fingerprint density at radius 2 is 1.80 bits per heavy atom. The average molecular weight is 301 g/mol. The van der Waals surface area contributed by atoms with Gasteiger partial charge in [-0.15, -0.1) is 0 Å². The Kier molecular flexibility index (Phi) is 7.74. The fourth-order valence-corrected chi connectivity index (χ4v) is 2.90. The molecule has 0 rings (SSSR count). The SMILES string of the molecule is CC/C=C(\C=C/CC(CC(C)(C)C)C(C)C)S(N)(=O)=O. The summed E-state index contributed by atoms with van der Waals surface area (Å²) in [6.45, 7) is 13.0. The van der Waals surface area contributed by atoms with Crippen LogP contribution in [0.5, 0.6) is 0 Å². The maximum Gasteiger partial charge on any atom is 0.237 e. The van der Waals surface area contributed by atoms with Gasteiger partial charge in [-0.3, -0.25) is 0 Å². The third kappa shape index (κ3) is 8.54. The Morgan fingerprint density at radius 1 is 1.25 bits per heavy atom. The van der Waals surface area contributed by atoms with Crippen molar-refractivity contribution in [1.82, 2.24) is 0 Å². The highest BCUT2D eigenvalue weighted by molar-refractivity contribution is 7.93. The first kappa shape index (κ1) is 19.4. The zero-order chi connectivity index (χ0) is 16.0. The van der Waals surface area contributed by atoms with Crippen LogP contribution < -0.4 is 5.14 Å². The Hall–Kier alpha value is -0.610. The molecule has 2 N–H and O–H groups in total. The fourth-order valence-electron chi connectivity index (χ4n) is 2.22. The second-order valence-electron chi connectivity index (χ2n) is 6.97. The van der Waals surface area contributed by atoms with Gasteiger partial charge in [0.15, 0.2) is 0 Å². The van der Waals surface area contributed by atoms with E-state index in [-0.39, 0.29) is 10.3 Å². The normalized spacial score (nSPS) is 16.1. The molecule has 0 spiro atoms. The van der Waals surface area contributed by atoms with Gasteiger partial charge in [0.2, 0.25) is 10.0 Å². The molecule has 1 atom stereocenters. The van der Waals surface area contributed by atoms with Crippen molar-refractivity contribution < 1.29 is 8.42 Å². The zero-order valence-electron chi connectivity index (χ0n) is 13.8. The average Bonchev–Trinajstić information content (AvgIpc) is 2.23. The highest BCUT2D eigenvalue weighted by atomic mass is 32.2. The van der Waals surface area contributed by atoms with Gasteiger partial charge >= 0.3 is 0 Å². The van der Waals surface area contributed by atoms with Crippen molar-refractivity contribution in [3.8, 4) is 0 Å². The summed E-state index contributed by atoms with van der Waals surface area (Å²) in [5.74, 6) is 1.13.